The molecule has 11 nitrogen and oxygen atoms in total. The lowest BCUT2D eigenvalue weighted by Gasteiger charge is -2.26. The summed E-state index contributed by atoms with van der Waals surface area (Å²) in [6.45, 7) is 4.95. The zero-order valence-electron chi connectivity index (χ0n) is 25.6. The van der Waals surface area contributed by atoms with Gasteiger partial charge in [0.05, 0.1) is 58.0 Å². The quantitative estimate of drug-likeness (QED) is 0.191. The van der Waals surface area contributed by atoms with E-state index in [9.17, 15) is 9.90 Å². The summed E-state index contributed by atoms with van der Waals surface area (Å²) >= 11 is 0. The van der Waals surface area contributed by atoms with Gasteiger partial charge < -0.3 is 28.8 Å². The molecule has 3 aromatic carbocycles. The number of para-hydroxylation sites is 1. The van der Waals surface area contributed by atoms with Crippen LogP contribution in [-0.4, -0.2) is 77.8 Å². The molecule has 0 spiro atoms. The number of methoxy groups -OCH3 is 2. The van der Waals surface area contributed by atoms with Crippen molar-refractivity contribution in [2.24, 2.45) is 0 Å². The van der Waals surface area contributed by atoms with E-state index in [1.165, 1.54) is 22.9 Å². The van der Waals surface area contributed by atoms with Crippen LogP contribution in [0.25, 0.3) is 16.6 Å². The van der Waals surface area contributed by atoms with Gasteiger partial charge in [-0.15, -0.1) is 0 Å². The van der Waals surface area contributed by atoms with Crippen molar-refractivity contribution in [1.29, 1.82) is 0 Å². The molecule has 6 rings (SSSR count). The van der Waals surface area contributed by atoms with Gasteiger partial charge in [-0.05, 0) is 36.8 Å². The highest BCUT2D eigenvalue weighted by Crippen LogP contribution is 2.38. The summed E-state index contributed by atoms with van der Waals surface area (Å²) in [4.78, 5) is 20.0. The lowest BCUT2D eigenvalue weighted by molar-refractivity contribution is 0.0357. The summed E-state index contributed by atoms with van der Waals surface area (Å²) in [5, 5.41) is 11.2. The van der Waals surface area contributed by atoms with Gasteiger partial charge in [-0.1, -0.05) is 18.2 Å². The molecule has 5 aromatic rings. The molecule has 0 aliphatic carbocycles. The standard InChI is InChI=1S/C34H35FN4O7/c1-42-28-7-4-3-6-23(28)21-38-22-33(40)39(34(38)41)24-8-9-30(26(35)18-24)46-29-10-11-36-27-20-32(31(43-2)19-25(27)29)45-15-5-12-37-13-16-44-17-14-37/h3-4,6-11,18-20,22,40H,5,12-17,21H2,1-2H3. The number of nitrogens with zero attached hydrogens (tertiary/aromatic N) is 4. The van der Waals surface area contributed by atoms with Gasteiger partial charge in [-0.3, -0.25) is 14.5 Å². The predicted molar refractivity (Wildman–Crippen MR) is 169 cm³/mol. The fraction of sp³-hybridized carbons (Fsp3) is 0.294. The minimum absolute atomic E-state index is 0.0698. The van der Waals surface area contributed by atoms with E-state index in [0.29, 0.717) is 40.5 Å². The molecule has 3 heterocycles. The highest BCUT2D eigenvalue weighted by molar-refractivity contribution is 5.88. The molecule has 0 saturated carbocycles. The number of aromatic nitrogens is 3. The van der Waals surface area contributed by atoms with Crippen molar-refractivity contribution in [3.8, 4) is 40.3 Å². The van der Waals surface area contributed by atoms with E-state index >= 15 is 4.39 Å². The Hall–Kier alpha value is -5.07. The second-order valence-corrected chi connectivity index (χ2v) is 10.7. The monoisotopic (exact) mass is 630 g/mol. The molecule has 0 atom stereocenters. The Morgan fingerprint density at radius 3 is 2.52 bits per heavy atom. The number of rotatable bonds is 12. The first-order chi connectivity index (χ1) is 22.4. The summed E-state index contributed by atoms with van der Waals surface area (Å²) in [7, 11) is 3.10. The number of hydrogen-bond donors (Lipinski definition) is 1. The zero-order valence-corrected chi connectivity index (χ0v) is 25.6. The molecule has 0 radical (unpaired) electrons. The van der Waals surface area contributed by atoms with Crippen molar-refractivity contribution < 1.29 is 33.2 Å². The molecular weight excluding hydrogens is 595 g/mol. The summed E-state index contributed by atoms with van der Waals surface area (Å²) in [6.07, 6.45) is 3.72. The van der Waals surface area contributed by atoms with Crippen LogP contribution in [0, 0.1) is 5.82 Å². The van der Waals surface area contributed by atoms with E-state index < -0.39 is 11.5 Å². The van der Waals surface area contributed by atoms with Gasteiger partial charge in [-0.25, -0.2) is 13.8 Å². The van der Waals surface area contributed by atoms with Gasteiger partial charge in [0.1, 0.15) is 11.5 Å². The topological polar surface area (TPSA) is 109 Å². The van der Waals surface area contributed by atoms with E-state index in [2.05, 4.69) is 9.88 Å². The van der Waals surface area contributed by atoms with Crippen molar-refractivity contribution in [2.75, 3.05) is 53.7 Å². The minimum Gasteiger partial charge on any atom is -0.496 e. The average molecular weight is 631 g/mol. The van der Waals surface area contributed by atoms with E-state index in [1.807, 2.05) is 18.2 Å². The van der Waals surface area contributed by atoms with Crippen LogP contribution in [0.4, 0.5) is 4.39 Å². The number of halogens is 1. The van der Waals surface area contributed by atoms with Gasteiger partial charge in [0, 0.05) is 48.9 Å². The highest BCUT2D eigenvalue weighted by Gasteiger charge is 2.18. The molecule has 2 aromatic heterocycles. The fourth-order valence-electron chi connectivity index (χ4n) is 5.47. The lowest BCUT2D eigenvalue weighted by Crippen LogP contribution is -2.37. The molecule has 0 bridgehead atoms. The van der Waals surface area contributed by atoms with Gasteiger partial charge >= 0.3 is 5.69 Å². The molecule has 0 amide bonds. The van der Waals surface area contributed by atoms with E-state index in [4.69, 9.17) is 23.7 Å². The first kappa shape index (κ1) is 30.9. The summed E-state index contributed by atoms with van der Waals surface area (Å²) in [5.74, 6) is 0.896. The maximum absolute atomic E-state index is 15.4. The highest BCUT2D eigenvalue weighted by atomic mass is 19.1. The number of pyridine rings is 1. The number of hydrogen-bond acceptors (Lipinski definition) is 9. The number of morpholine rings is 1. The van der Waals surface area contributed by atoms with Crippen LogP contribution >= 0.6 is 0 Å². The third-order valence-corrected chi connectivity index (χ3v) is 7.83. The molecule has 240 valence electrons. The third-order valence-electron chi connectivity index (χ3n) is 7.83. The van der Waals surface area contributed by atoms with Crippen molar-refractivity contribution in [2.45, 2.75) is 13.0 Å². The molecule has 1 fully saturated rings. The number of ether oxygens (including phenoxy) is 5. The molecule has 46 heavy (non-hydrogen) atoms. The smallest absolute Gasteiger partial charge is 0.336 e. The molecule has 1 N–H and O–H groups in total. The molecule has 0 unspecified atom stereocenters. The Labute approximate surface area is 264 Å². The van der Waals surface area contributed by atoms with Crippen LogP contribution in [0.5, 0.6) is 34.6 Å². The molecule has 1 aliphatic rings. The minimum atomic E-state index is -0.724. The second-order valence-electron chi connectivity index (χ2n) is 10.7. The Balaban J connectivity index is 1.19. The normalized spacial score (nSPS) is 13.5. The van der Waals surface area contributed by atoms with Crippen molar-refractivity contribution in [3.63, 3.8) is 0 Å². The van der Waals surface area contributed by atoms with E-state index in [-0.39, 0.29) is 23.9 Å². The molecular formula is C34H35FN4O7. The van der Waals surface area contributed by atoms with Crippen molar-refractivity contribution >= 4 is 10.9 Å². The Morgan fingerprint density at radius 1 is 0.935 bits per heavy atom. The molecule has 12 heteroatoms. The Bertz CT molecular complexity index is 1880. The maximum atomic E-state index is 15.4. The van der Waals surface area contributed by atoms with Gasteiger partial charge in [0.15, 0.2) is 23.1 Å². The Kier molecular flexibility index (Phi) is 9.36. The van der Waals surface area contributed by atoms with Gasteiger partial charge in [0.25, 0.3) is 0 Å². The number of fused-ring (bicyclic) bond motifs is 1. The number of aromatic hydroxyl groups is 1. The summed E-state index contributed by atoms with van der Waals surface area (Å²) < 4.78 is 46.2. The molecule has 1 aliphatic heterocycles. The second kappa shape index (κ2) is 13.9. The van der Waals surface area contributed by atoms with E-state index in [0.717, 1.165) is 55.5 Å². The molecule has 1 saturated heterocycles. The average Bonchev–Trinajstić information content (AvgIpc) is 3.36. The Morgan fingerprint density at radius 2 is 1.74 bits per heavy atom. The van der Waals surface area contributed by atoms with Crippen LogP contribution in [0.2, 0.25) is 0 Å². The lowest BCUT2D eigenvalue weighted by atomic mass is 10.1. The van der Waals surface area contributed by atoms with Gasteiger partial charge in [-0.2, -0.15) is 0 Å². The number of imidazole rings is 1. The predicted octanol–water partition coefficient (Wildman–Crippen LogP) is 4.99. The van der Waals surface area contributed by atoms with Crippen molar-refractivity contribution in [3.05, 3.63) is 94.9 Å². The number of benzene rings is 3. The summed E-state index contributed by atoms with van der Waals surface area (Å²) in [6, 6.07) is 16.5. The maximum Gasteiger partial charge on any atom is 0.336 e. The van der Waals surface area contributed by atoms with Crippen LogP contribution in [0.3, 0.4) is 0 Å². The van der Waals surface area contributed by atoms with Crippen LogP contribution in [0.15, 0.2) is 77.9 Å². The van der Waals surface area contributed by atoms with E-state index in [1.54, 1.807) is 44.7 Å². The van der Waals surface area contributed by atoms with Gasteiger partial charge in [0.2, 0.25) is 5.88 Å². The largest absolute Gasteiger partial charge is 0.496 e. The van der Waals surface area contributed by atoms with Crippen LogP contribution in [-0.2, 0) is 11.3 Å². The SMILES string of the molecule is COc1ccccc1Cn1cc(O)n(-c2ccc(Oc3ccnc4cc(OCCCN5CCOCC5)c(OC)cc34)c(F)c2)c1=O. The fourth-order valence-corrected chi connectivity index (χ4v) is 5.47. The zero-order chi connectivity index (χ0) is 32.0. The third kappa shape index (κ3) is 6.63. The summed E-state index contributed by atoms with van der Waals surface area (Å²) in [5.41, 5.74) is 0.944. The van der Waals surface area contributed by atoms with Crippen LogP contribution < -0.4 is 24.6 Å². The van der Waals surface area contributed by atoms with Crippen molar-refractivity contribution in [1.82, 2.24) is 19.0 Å². The van der Waals surface area contributed by atoms with Crippen LogP contribution in [0.1, 0.15) is 12.0 Å². The first-order valence-electron chi connectivity index (χ1n) is 15.0. The first-order valence-corrected chi connectivity index (χ1v) is 15.0.